The summed E-state index contributed by atoms with van der Waals surface area (Å²) in [5.41, 5.74) is 1.86. The summed E-state index contributed by atoms with van der Waals surface area (Å²) in [6.45, 7) is 3.92. The van der Waals surface area contributed by atoms with Gasteiger partial charge in [0, 0.05) is 30.5 Å². The van der Waals surface area contributed by atoms with Crippen LogP contribution >= 0.6 is 0 Å². The van der Waals surface area contributed by atoms with Gasteiger partial charge in [-0.05, 0) is 38.1 Å². The molecule has 0 fully saturated rings. The fraction of sp³-hybridized carbons (Fsp3) is 0.261. The van der Waals surface area contributed by atoms with Crippen LogP contribution in [-0.2, 0) is 25.7 Å². The molecule has 176 valence electrons. The van der Waals surface area contributed by atoms with E-state index >= 15 is 0 Å². The quantitative estimate of drug-likeness (QED) is 0.277. The monoisotopic (exact) mass is 491 g/mol. The van der Waals surface area contributed by atoms with Crippen molar-refractivity contribution in [1.82, 2.24) is 0 Å². The summed E-state index contributed by atoms with van der Waals surface area (Å²) in [4.78, 5) is -0.186. The SMILES string of the molecule is CC1(C)C(/C=C/C=C/Nc2ccccc2)=[N+](CCCS(=O)(=O)O)c2cccc(S(=O)(=O)O)c21. The average molecular weight is 492 g/mol. The molecule has 2 aromatic carbocycles. The van der Waals surface area contributed by atoms with E-state index in [9.17, 15) is 21.4 Å². The molecule has 33 heavy (non-hydrogen) atoms. The van der Waals surface area contributed by atoms with Crippen molar-refractivity contribution in [2.24, 2.45) is 0 Å². The number of nitrogens with one attached hydrogen (secondary N) is 1. The molecule has 0 amide bonds. The highest BCUT2D eigenvalue weighted by Gasteiger charge is 2.47. The van der Waals surface area contributed by atoms with E-state index in [1.165, 1.54) is 12.1 Å². The van der Waals surface area contributed by atoms with E-state index in [-0.39, 0.29) is 17.9 Å². The van der Waals surface area contributed by atoms with Crippen LogP contribution in [0.3, 0.4) is 0 Å². The molecule has 0 radical (unpaired) electrons. The van der Waals surface area contributed by atoms with Gasteiger partial charge in [0.25, 0.3) is 20.2 Å². The number of benzene rings is 2. The summed E-state index contributed by atoms with van der Waals surface area (Å²) in [7, 11) is -8.60. The van der Waals surface area contributed by atoms with Crippen LogP contribution in [0.1, 0.15) is 25.8 Å². The van der Waals surface area contributed by atoms with Crippen LogP contribution in [0.15, 0.2) is 77.9 Å². The molecule has 1 heterocycles. The van der Waals surface area contributed by atoms with Gasteiger partial charge in [-0.2, -0.15) is 21.4 Å². The van der Waals surface area contributed by atoms with E-state index in [2.05, 4.69) is 5.32 Å². The van der Waals surface area contributed by atoms with Gasteiger partial charge in [0.1, 0.15) is 11.4 Å². The fourth-order valence-corrected chi connectivity index (χ4v) is 5.37. The summed E-state index contributed by atoms with van der Waals surface area (Å²) in [5.74, 6) is -0.421. The van der Waals surface area contributed by atoms with E-state index in [1.807, 2.05) is 54.8 Å². The lowest BCUT2D eigenvalue weighted by atomic mass is 9.81. The minimum absolute atomic E-state index is 0.132. The zero-order valence-corrected chi connectivity index (χ0v) is 20.0. The number of rotatable bonds is 9. The van der Waals surface area contributed by atoms with Crippen LogP contribution in [0.5, 0.6) is 0 Å². The van der Waals surface area contributed by atoms with Gasteiger partial charge in [-0.25, -0.2) is 0 Å². The Labute approximate surface area is 194 Å². The molecule has 0 aromatic heterocycles. The molecule has 3 N–H and O–H groups in total. The van der Waals surface area contributed by atoms with Gasteiger partial charge < -0.3 is 5.32 Å². The largest absolute Gasteiger partial charge is 0.362 e. The van der Waals surface area contributed by atoms with Gasteiger partial charge in [0.15, 0.2) is 5.71 Å². The molecule has 0 saturated heterocycles. The van der Waals surface area contributed by atoms with Crippen LogP contribution in [0.25, 0.3) is 0 Å². The highest BCUT2D eigenvalue weighted by atomic mass is 32.2. The highest BCUT2D eigenvalue weighted by Crippen LogP contribution is 2.43. The van der Waals surface area contributed by atoms with Crippen LogP contribution < -0.4 is 5.32 Å². The normalized spacial score (nSPS) is 16.0. The molecule has 0 saturated carbocycles. The molecule has 1 aliphatic rings. The molecule has 3 rings (SSSR count). The predicted molar refractivity (Wildman–Crippen MR) is 128 cm³/mol. The van der Waals surface area contributed by atoms with Gasteiger partial charge in [-0.3, -0.25) is 9.11 Å². The van der Waals surface area contributed by atoms with Crippen molar-refractivity contribution in [3.8, 4) is 0 Å². The molecule has 2 aromatic rings. The van der Waals surface area contributed by atoms with Gasteiger partial charge >= 0.3 is 0 Å². The average Bonchev–Trinajstić information content (AvgIpc) is 2.94. The van der Waals surface area contributed by atoms with Crippen molar-refractivity contribution in [3.05, 3.63) is 78.5 Å². The lowest BCUT2D eigenvalue weighted by molar-refractivity contribution is -0.437. The molecule has 0 unspecified atom stereocenters. The van der Waals surface area contributed by atoms with Crippen molar-refractivity contribution < 1.29 is 30.5 Å². The molecule has 10 heteroatoms. The van der Waals surface area contributed by atoms with E-state index in [1.54, 1.807) is 24.4 Å². The number of nitrogens with zero attached hydrogens (tertiary/aromatic N) is 1. The molecular formula is C23H27N2O6S2+. The minimum Gasteiger partial charge on any atom is -0.362 e. The third-order valence-electron chi connectivity index (χ3n) is 5.40. The first-order valence-electron chi connectivity index (χ1n) is 10.3. The summed E-state index contributed by atoms with van der Waals surface area (Å²) in [6, 6.07) is 14.2. The van der Waals surface area contributed by atoms with E-state index in [0.717, 1.165) is 11.4 Å². The van der Waals surface area contributed by atoms with Crippen LogP contribution in [-0.4, -0.2) is 48.5 Å². The standard InChI is InChI=1S/C23H26N2O6S2/c1-23(2)21(14-6-7-15-24-18-10-4-3-5-11-18)25(16-9-17-32(26,27)28)19-12-8-13-20(22(19)23)33(29,30)31/h3-8,10-15H,9,16-17H2,1-2H3,(H2,26,27,28,29,30,31)/p+1. The Balaban J connectivity index is 1.97. The predicted octanol–water partition coefficient (Wildman–Crippen LogP) is 3.77. The second-order valence-electron chi connectivity index (χ2n) is 8.16. The molecule has 8 nitrogen and oxygen atoms in total. The number of fused-ring (bicyclic) bond motifs is 1. The lowest BCUT2D eigenvalue weighted by Gasteiger charge is -2.17. The topological polar surface area (TPSA) is 124 Å². The van der Waals surface area contributed by atoms with Crippen molar-refractivity contribution in [2.45, 2.75) is 30.6 Å². The maximum atomic E-state index is 12.1. The first-order chi connectivity index (χ1) is 15.4. The summed E-state index contributed by atoms with van der Waals surface area (Å²) in [5, 5.41) is 3.14. The van der Waals surface area contributed by atoms with E-state index in [4.69, 9.17) is 4.55 Å². The Bertz CT molecular complexity index is 1330. The number of hydrogen-bond donors (Lipinski definition) is 3. The lowest BCUT2D eigenvalue weighted by Crippen LogP contribution is -2.29. The zero-order chi connectivity index (χ0) is 24.3. The summed E-state index contributed by atoms with van der Waals surface area (Å²) >= 11 is 0. The molecule has 1 aliphatic heterocycles. The Morgan fingerprint density at radius 2 is 1.67 bits per heavy atom. The first-order valence-corrected chi connectivity index (χ1v) is 13.3. The Kier molecular flexibility index (Phi) is 7.23. The smallest absolute Gasteiger partial charge is 0.295 e. The molecule has 0 bridgehead atoms. The number of para-hydroxylation sites is 1. The van der Waals surface area contributed by atoms with Gasteiger partial charge in [0.05, 0.1) is 16.7 Å². The second kappa shape index (κ2) is 9.60. The minimum atomic E-state index is -4.47. The van der Waals surface area contributed by atoms with Gasteiger partial charge in [0.2, 0.25) is 5.69 Å². The molecule has 0 spiro atoms. The highest BCUT2D eigenvalue weighted by molar-refractivity contribution is 7.86. The Hall–Kier alpha value is -2.79. The molecule has 0 atom stereocenters. The third kappa shape index (κ3) is 5.97. The maximum Gasteiger partial charge on any atom is 0.295 e. The van der Waals surface area contributed by atoms with Crippen LogP contribution in [0, 0.1) is 0 Å². The van der Waals surface area contributed by atoms with Crippen molar-refractivity contribution in [1.29, 1.82) is 0 Å². The van der Waals surface area contributed by atoms with Crippen molar-refractivity contribution in [3.63, 3.8) is 0 Å². The van der Waals surface area contributed by atoms with Crippen LogP contribution in [0.2, 0.25) is 0 Å². The van der Waals surface area contributed by atoms with E-state index < -0.39 is 31.4 Å². The zero-order valence-electron chi connectivity index (χ0n) is 18.3. The number of allylic oxidation sites excluding steroid dienone is 3. The van der Waals surface area contributed by atoms with Crippen molar-refractivity contribution in [2.75, 3.05) is 17.6 Å². The third-order valence-corrected chi connectivity index (χ3v) is 7.10. The summed E-state index contributed by atoms with van der Waals surface area (Å²) < 4.78 is 67.2. The number of anilines is 1. The molecular weight excluding hydrogens is 464 g/mol. The molecule has 0 aliphatic carbocycles. The van der Waals surface area contributed by atoms with Crippen LogP contribution in [0.4, 0.5) is 11.4 Å². The van der Waals surface area contributed by atoms with Gasteiger partial charge in [-0.1, -0.05) is 30.3 Å². The first kappa shape index (κ1) is 24.8. The maximum absolute atomic E-state index is 12.1. The van der Waals surface area contributed by atoms with Crippen molar-refractivity contribution >= 4 is 37.3 Å². The summed E-state index contributed by atoms with van der Waals surface area (Å²) in [6.07, 6.45) is 7.30. The second-order valence-corrected chi connectivity index (χ2v) is 11.1. The van der Waals surface area contributed by atoms with E-state index in [0.29, 0.717) is 11.3 Å². The number of hydrogen-bond acceptors (Lipinski definition) is 5. The Morgan fingerprint density at radius 1 is 0.970 bits per heavy atom. The van der Waals surface area contributed by atoms with Gasteiger partial charge in [-0.15, -0.1) is 0 Å². The Morgan fingerprint density at radius 3 is 2.30 bits per heavy atom. The fourth-order valence-electron chi connectivity index (χ4n) is 4.01.